The standard InChI is InChI=1S/C73H84F7N9O8/c1-84(34-14-35-86(3)67(92)53-22-27-64(82-47-53)81-33-13-5-8-21-65(90)85(2)41-42-87-36-28-59(29-37-87)97-69(94)83-62-20-12-10-18-60(62)51-15-6-4-7-16-51)66(91)48-95-63-45-52-17-9-11-19-61(52)70(63)30-38-88(39-31-70)40-32-71(55-23-25-58(74)26-24-55)49-89(50-96-71)68(93)54-43-56(72(75,76)77)46-57(44-54)73(78,79)80/h4,6-7,9-12,15-20,22-27,43-44,46-47,59,63H,5,8,13-14,21,28-42,45,48-50H2,1-3H3,(H,81,82)(H,83,94)/t63-,71+/m0/s1. The van der Waals surface area contributed by atoms with E-state index in [1.54, 1.807) is 47.1 Å². The highest BCUT2D eigenvalue weighted by molar-refractivity contribution is 5.95. The van der Waals surface area contributed by atoms with E-state index in [0.717, 1.165) is 78.9 Å². The molecule has 1 aromatic heterocycles. The Kier molecular flexibility index (Phi) is 23.4. The normalized spacial score (nSPS) is 18.2. The van der Waals surface area contributed by atoms with E-state index in [-0.39, 0.29) is 55.6 Å². The Labute approximate surface area is 561 Å². The third-order valence-electron chi connectivity index (χ3n) is 19.4. The van der Waals surface area contributed by atoms with Gasteiger partial charge in [-0.15, -0.1) is 0 Å². The topological polar surface area (TPSA) is 169 Å². The van der Waals surface area contributed by atoms with Gasteiger partial charge >= 0.3 is 18.4 Å². The SMILES string of the molecule is CN(CCN1CCC(OC(=O)Nc2ccccc2-c2ccccc2)CC1)C(=O)CCCCCNc1ccc(C(=O)N(C)CCCN(C)C(=O)CO[C@H]2Cc3ccccc3C23CCN(CC[C@]2(c4ccc(F)cc4)CN(C(=O)c4cc(C(F)(F)F)cc(C(F)(F)F)c4)CO2)CC3)cn1. The number of para-hydroxylation sites is 1. The van der Waals surface area contributed by atoms with Gasteiger partial charge < -0.3 is 48.9 Å². The number of fused-ring (bicyclic) bond motifs is 2. The van der Waals surface area contributed by atoms with Crippen molar-refractivity contribution in [2.75, 3.05) is 117 Å². The van der Waals surface area contributed by atoms with Crippen molar-refractivity contribution in [3.63, 3.8) is 0 Å². The molecule has 2 atom stereocenters. The van der Waals surface area contributed by atoms with Crippen LogP contribution in [-0.2, 0) is 53.6 Å². The van der Waals surface area contributed by atoms with Crippen molar-refractivity contribution in [3.8, 4) is 11.1 Å². The van der Waals surface area contributed by atoms with Crippen LogP contribution in [0.15, 0.2) is 140 Å². The molecule has 3 fully saturated rings. The van der Waals surface area contributed by atoms with Crippen LogP contribution in [0.4, 0.5) is 47.0 Å². The van der Waals surface area contributed by atoms with Crippen molar-refractivity contribution in [1.82, 2.24) is 34.4 Å². The maximum atomic E-state index is 14.2. The fraction of sp³-hybridized carbons (Fsp3) is 0.452. The van der Waals surface area contributed by atoms with Gasteiger partial charge in [-0.25, -0.2) is 14.2 Å². The predicted molar refractivity (Wildman–Crippen MR) is 353 cm³/mol. The second kappa shape index (κ2) is 31.8. The Morgan fingerprint density at radius 1 is 0.680 bits per heavy atom. The van der Waals surface area contributed by atoms with Gasteiger partial charge in [-0.1, -0.05) is 91.3 Å². The number of ether oxygens (including phenoxy) is 3. The first-order chi connectivity index (χ1) is 46.5. The molecule has 4 heterocycles. The molecule has 6 aromatic rings. The minimum atomic E-state index is -5.15. The van der Waals surface area contributed by atoms with Crippen molar-refractivity contribution in [2.24, 2.45) is 0 Å². The minimum Gasteiger partial charge on any atom is -0.446 e. The van der Waals surface area contributed by atoms with Gasteiger partial charge in [0.1, 0.15) is 36.7 Å². The fourth-order valence-corrected chi connectivity index (χ4v) is 13.6. The summed E-state index contributed by atoms with van der Waals surface area (Å²) < 4.78 is 116. The Bertz CT molecular complexity index is 3630. The van der Waals surface area contributed by atoms with Crippen LogP contribution in [0.1, 0.15) is 113 Å². The summed E-state index contributed by atoms with van der Waals surface area (Å²) in [6, 6.07) is 35.4. The molecular weight excluding hydrogens is 1260 g/mol. The largest absolute Gasteiger partial charge is 0.446 e. The van der Waals surface area contributed by atoms with Crippen molar-refractivity contribution >= 4 is 41.2 Å². The number of piperidine rings is 2. The molecule has 1 spiro atoms. The zero-order valence-electron chi connectivity index (χ0n) is 54.9. The van der Waals surface area contributed by atoms with E-state index in [0.29, 0.717) is 113 Å². The number of hydrogen-bond donors (Lipinski definition) is 2. The molecule has 97 heavy (non-hydrogen) atoms. The number of halogens is 7. The van der Waals surface area contributed by atoms with E-state index < -0.39 is 64.6 Å². The molecule has 24 heteroatoms. The number of unbranched alkanes of at least 4 members (excludes halogenated alkanes) is 2. The number of aromatic nitrogens is 1. The molecule has 10 rings (SSSR count). The molecule has 0 unspecified atom stereocenters. The number of likely N-dealkylation sites (N-methyl/N-ethyl adjacent to an activating group) is 2. The van der Waals surface area contributed by atoms with Crippen LogP contribution < -0.4 is 10.6 Å². The molecule has 5 aromatic carbocycles. The summed E-state index contributed by atoms with van der Waals surface area (Å²) in [5.74, 6) is -1.28. The monoisotopic (exact) mass is 1350 g/mol. The molecule has 1 aliphatic carbocycles. The molecule has 0 saturated carbocycles. The zero-order chi connectivity index (χ0) is 68.9. The van der Waals surface area contributed by atoms with Gasteiger partial charge in [0, 0.05) is 103 Å². The smallest absolute Gasteiger partial charge is 0.416 e. The minimum absolute atomic E-state index is 0.0299. The quantitative estimate of drug-likeness (QED) is 0.0390. The third kappa shape index (κ3) is 18.2. The van der Waals surface area contributed by atoms with Crippen LogP contribution >= 0.6 is 0 Å². The highest BCUT2D eigenvalue weighted by Crippen LogP contribution is 2.48. The van der Waals surface area contributed by atoms with Crippen LogP contribution in [0.3, 0.4) is 0 Å². The van der Waals surface area contributed by atoms with E-state index in [1.807, 2.05) is 73.8 Å². The molecule has 518 valence electrons. The van der Waals surface area contributed by atoms with E-state index in [4.69, 9.17) is 14.2 Å². The number of alkyl halides is 6. The third-order valence-corrected chi connectivity index (χ3v) is 19.4. The summed E-state index contributed by atoms with van der Waals surface area (Å²) in [5, 5.41) is 6.23. The number of amides is 5. The van der Waals surface area contributed by atoms with Crippen molar-refractivity contribution in [1.29, 1.82) is 0 Å². The van der Waals surface area contributed by atoms with E-state index in [1.165, 1.54) is 24.3 Å². The van der Waals surface area contributed by atoms with Gasteiger partial charge in [-0.3, -0.25) is 24.5 Å². The first-order valence-electron chi connectivity index (χ1n) is 33.2. The van der Waals surface area contributed by atoms with Crippen molar-refractivity contribution < 1.29 is 68.9 Å². The van der Waals surface area contributed by atoms with Gasteiger partial charge in [-0.2, -0.15) is 26.3 Å². The lowest BCUT2D eigenvalue weighted by Gasteiger charge is -2.44. The number of benzene rings is 5. The number of carbonyl (C=O) groups is 5. The summed E-state index contributed by atoms with van der Waals surface area (Å²) in [5.41, 5.74) is 0.155. The van der Waals surface area contributed by atoms with Gasteiger partial charge in [0.25, 0.3) is 11.8 Å². The van der Waals surface area contributed by atoms with E-state index in [9.17, 15) is 54.7 Å². The molecule has 0 bridgehead atoms. The summed E-state index contributed by atoms with van der Waals surface area (Å²) in [4.78, 5) is 81.7. The molecule has 3 aliphatic heterocycles. The second-order valence-electron chi connectivity index (χ2n) is 25.8. The Balaban J connectivity index is 0.604. The van der Waals surface area contributed by atoms with Crippen molar-refractivity contribution in [2.45, 2.75) is 106 Å². The maximum Gasteiger partial charge on any atom is 0.416 e. The average Bonchev–Trinajstić information content (AvgIpc) is 1.61. The Morgan fingerprint density at radius 3 is 2.04 bits per heavy atom. The lowest BCUT2D eigenvalue weighted by atomic mass is 9.72. The van der Waals surface area contributed by atoms with Crippen LogP contribution in [-0.4, -0.2) is 183 Å². The predicted octanol–water partition coefficient (Wildman–Crippen LogP) is 12.4. The first kappa shape index (κ1) is 71.3. The number of likely N-dealkylation sites (tertiary alicyclic amines) is 2. The van der Waals surface area contributed by atoms with Crippen molar-refractivity contribution in [3.05, 3.63) is 184 Å². The summed E-state index contributed by atoms with van der Waals surface area (Å²) >= 11 is 0. The average molecular weight is 1350 g/mol. The second-order valence-corrected chi connectivity index (χ2v) is 25.8. The first-order valence-corrected chi connectivity index (χ1v) is 33.2. The molecule has 4 aliphatic rings. The molecular formula is C73H84F7N9O8. The van der Waals surface area contributed by atoms with Gasteiger partial charge in [0.2, 0.25) is 11.8 Å². The van der Waals surface area contributed by atoms with Gasteiger partial charge in [0.05, 0.1) is 35.0 Å². The molecule has 0 radical (unpaired) electrons. The van der Waals surface area contributed by atoms with Crippen LogP contribution in [0.5, 0.6) is 0 Å². The number of pyridine rings is 1. The van der Waals surface area contributed by atoms with Crippen LogP contribution in [0.25, 0.3) is 11.1 Å². The summed E-state index contributed by atoms with van der Waals surface area (Å²) in [6.45, 7) is 5.17. The highest BCUT2D eigenvalue weighted by atomic mass is 19.4. The summed E-state index contributed by atoms with van der Waals surface area (Å²) in [6.07, 6.45) is -2.65. The highest BCUT2D eigenvalue weighted by Gasteiger charge is 2.50. The summed E-state index contributed by atoms with van der Waals surface area (Å²) in [7, 11) is 5.26. The lowest BCUT2D eigenvalue weighted by Crippen LogP contribution is -2.50. The Morgan fingerprint density at radius 2 is 1.34 bits per heavy atom. The van der Waals surface area contributed by atoms with Gasteiger partial charge in [-0.05, 0) is 142 Å². The Hall–Kier alpha value is -8.45. The van der Waals surface area contributed by atoms with E-state index in [2.05, 4.69) is 37.6 Å². The maximum absolute atomic E-state index is 14.2. The van der Waals surface area contributed by atoms with Crippen LogP contribution in [0.2, 0.25) is 0 Å². The van der Waals surface area contributed by atoms with Gasteiger partial charge in [0.15, 0.2) is 0 Å². The molecule has 3 saturated heterocycles. The number of nitrogens with one attached hydrogen (secondary N) is 2. The number of carbonyl (C=O) groups excluding carboxylic acids is 5. The molecule has 17 nitrogen and oxygen atoms in total. The number of rotatable bonds is 26. The zero-order valence-corrected chi connectivity index (χ0v) is 54.9. The molecule has 2 N–H and O–H groups in total. The number of anilines is 2. The van der Waals surface area contributed by atoms with E-state index >= 15 is 0 Å². The molecule has 5 amide bonds. The fourth-order valence-electron chi connectivity index (χ4n) is 13.6. The number of nitrogens with zero attached hydrogens (tertiary/aromatic N) is 7. The van der Waals surface area contributed by atoms with Crippen LogP contribution in [0, 0.1) is 5.82 Å². The number of hydrogen-bond acceptors (Lipinski definition) is 12. The lowest BCUT2D eigenvalue weighted by molar-refractivity contribution is -0.143.